The largest absolute Gasteiger partial charge is 0.482 e. The van der Waals surface area contributed by atoms with Crippen molar-refractivity contribution in [3.05, 3.63) is 63.7 Å². The van der Waals surface area contributed by atoms with Gasteiger partial charge in [-0.1, -0.05) is 23.2 Å². The summed E-state index contributed by atoms with van der Waals surface area (Å²) in [6.45, 7) is -0.280. The first-order valence-corrected chi connectivity index (χ1v) is 9.61. The molecule has 0 fully saturated rings. The van der Waals surface area contributed by atoms with Crippen molar-refractivity contribution >= 4 is 51.4 Å². The van der Waals surface area contributed by atoms with Crippen molar-refractivity contribution in [2.45, 2.75) is 0 Å². The van der Waals surface area contributed by atoms with Crippen molar-refractivity contribution in [2.75, 3.05) is 11.9 Å². The number of hydrogen-bond donors (Lipinski definition) is 1. The molecule has 1 N–H and O–H groups in total. The molecule has 0 aliphatic carbocycles. The quantitative estimate of drug-likeness (QED) is 0.481. The van der Waals surface area contributed by atoms with Gasteiger partial charge in [0.05, 0.1) is 10.7 Å². The summed E-state index contributed by atoms with van der Waals surface area (Å²) in [7, 11) is 0. The number of thiazole rings is 1. The Hall–Kier alpha value is -2.68. The second-order valence-electron chi connectivity index (χ2n) is 5.67. The van der Waals surface area contributed by atoms with Gasteiger partial charge in [-0.15, -0.1) is 16.4 Å². The van der Waals surface area contributed by atoms with Gasteiger partial charge >= 0.3 is 0 Å². The Kier molecular flexibility index (Phi) is 5.17. The molecule has 2 aromatic heterocycles. The van der Waals surface area contributed by atoms with E-state index in [9.17, 15) is 9.18 Å². The first-order valence-electron chi connectivity index (χ1n) is 7.97. The molecule has 2 aromatic carbocycles. The lowest BCUT2D eigenvalue weighted by Gasteiger charge is -2.07. The van der Waals surface area contributed by atoms with E-state index in [2.05, 4.69) is 15.4 Å². The van der Waals surface area contributed by atoms with E-state index in [1.807, 2.05) is 5.38 Å². The molecule has 0 spiro atoms. The van der Waals surface area contributed by atoms with E-state index in [0.717, 1.165) is 11.3 Å². The summed E-state index contributed by atoms with van der Waals surface area (Å²) in [5.41, 5.74) is 1.53. The molecule has 4 rings (SSSR count). The number of halogens is 3. The molecule has 0 radical (unpaired) electrons. The van der Waals surface area contributed by atoms with Gasteiger partial charge in [0.1, 0.15) is 11.6 Å². The van der Waals surface area contributed by atoms with Crippen LogP contribution in [0.5, 0.6) is 5.75 Å². The van der Waals surface area contributed by atoms with Crippen LogP contribution in [0.1, 0.15) is 0 Å². The second-order valence-corrected chi connectivity index (χ2v) is 7.35. The molecular formula is C18H11Cl2FN4O2S. The average molecular weight is 437 g/mol. The molecular weight excluding hydrogens is 426 g/mol. The monoisotopic (exact) mass is 436 g/mol. The zero-order valence-electron chi connectivity index (χ0n) is 14.0. The van der Waals surface area contributed by atoms with E-state index in [0.29, 0.717) is 20.8 Å². The highest BCUT2D eigenvalue weighted by atomic mass is 35.5. The van der Waals surface area contributed by atoms with Crippen LogP contribution in [0.3, 0.4) is 0 Å². The fraction of sp³-hybridized carbons (Fsp3) is 0.0556. The third-order valence-electron chi connectivity index (χ3n) is 3.72. The van der Waals surface area contributed by atoms with Gasteiger partial charge in [-0.25, -0.2) is 8.91 Å². The predicted octanol–water partition coefficient (Wildman–Crippen LogP) is 4.92. The Balaban J connectivity index is 1.47. The summed E-state index contributed by atoms with van der Waals surface area (Å²) in [4.78, 5) is 17.0. The smallest absolute Gasteiger partial charge is 0.264 e. The number of carbonyl (C=O) groups excluding carboxylic acids is 1. The lowest BCUT2D eigenvalue weighted by molar-refractivity contribution is -0.118. The third-order valence-corrected chi connectivity index (χ3v) is 5.09. The SMILES string of the molecule is O=C(COc1cc(Cl)ccc1Cl)Nc1nc2scc(-c3ccc(F)cc3)n2n1. The number of nitrogens with zero attached hydrogens (tertiary/aromatic N) is 3. The predicted molar refractivity (Wildman–Crippen MR) is 107 cm³/mol. The molecule has 0 atom stereocenters. The van der Waals surface area contributed by atoms with Gasteiger partial charge < -0.3 is 4.74 Å². The normalized spacial score (nSPS) is 11.0. The van der Waals surface area contributed by atoms with Crippen LogP contribution < -0.4 is 10.1 Å². The van der Waals surface area contributed by atoms with Crippen molar-refractivity contribution in [3.8, 4) is 17.0 Å². The highest BCUT2D eigenvalue weighted by molar-refractivity contribution is 7.15. The van der Waals surface area contributed by atoms with Crippen LogP contribution in [-0.4, -0.2) is 27.1 Å². The van der Waals surface area contributed by atoms with Crippen molar-refractivity contribution in [3.63, 3.8) is 0 Å². The van der Waals surface area contributed by atoms with E-state index >= 15 is 0 Å². The molecule has 10 heteroatoms. The first-order chi connectivity index (χ1) is 13.5. The fourth-order valence-electron chi connectivity index (χ4n) is 2.45. The van der Waals surface area contributed by atoms with E-state index in [1.165, 1.54) is 29.5 Å². The van der Waals surface area contributed by atoms with E-state index < -0.39 is 5.91 Å². The number of amides is 1. The average Bonchev–Trinajstić information content (AvgIpc) is 3.23. The summed E-state index contributed by atoms with van der Waals surface area (Å²) in [6.07, 6.45) is 0. The molecule has 28 heavy (non-hydrogen) atoms. The van der Waals surface area contributed by atoms with Gasteiger partial charge in [-0.2, -0.15) is 4.98 Å². The fourth-order valence-corrected chi connectivity index (χ4v) is 3.61. The van der Waals surface area contributed by atoms with Gasteiger partial charge in [-0.05, 0) is 36.4 Å². The molecule has 0 saturated heterocycles. The number of carbonyl (C=O) groups is 1. The first kappa shape index (κ1) is 18.7. The molecule has 0 aliphatic rings. The van der Waals surface area contributed by atoms with E-state index in [1.54, 1.807) is 28.8 Å². The van der Waals surface area contributed by atoms with Crippen molar-refractivity contribution in [2.24, 2.45) is 0 Å². The number of anilines is 1. The van der Waals surface area contributed by atoms with Crippen molar-refractivity contribution in [1.29, 1.82) is 0 Å². The van der Waals surface area contributed by atoms with Crippen LogP contribution in [0.2, 0.25) is 10.0 Å². The van der Waals surface area contributed by atoms with Gasteiger partial charge in [0.2, 0.25) is 4.96 Å². The van der Waals surface area contributed by atoms with Crippen LogP contribution >= 0.6 is 34.5 Å². The summed E-state index contributed by atoms with van der Waals surface area (Å²) in [5.74, 6) is -0.318. The summed E-state index contributed by atoms with van der Waals surface area (Å²) >= 11 is 13.2. The van der Waals surface area contributed by atoms with Crippen molar-refractivity contribution < 1.29 is 13.9 Å². The maximum Gasteiger partial charge on any atom is 0.264 e. The number of nitrogens with one attached hydrogen (secondary N) is 1. The standard InChI is InChI=1S/C18H11Cl2FN4O2S/c19-11-3-6-13(20)15(7-11)27-8-16(26)22-17-23-18-25(24-17)14(9-28-18)10-1-4-12(21)5-2-10/h1-7,9H,8H2,(H,22,24,26). The van der Waals surface area contributed by atoms with Crippen LogP contribution in [0, 0.1) is 5.82 Å². The van der Waals surface area contributed by atoms with E-state index in [-0.39, 0.29) is 18.4 Å². The lowest BCUT2D eigenvalue weighted by Crippen LogP contribution is -2.21. The van der Waals surface area contributed by atoms with Crippen LogP contribution in [0.4, 0.5) is 10.3 Å². The van der Waals surface area contributed by atoms with Crippen LogP contribution in [0.15, 0.2) is 47.8 Å². The third kappa shape index (κ3) is 3.94. The van der Waals surface area contributed by atoms with Crippen LogP contribution in [0.25, 0.3) is 16.2 Å². The van der Waals surface area contributed by atoms with Gasteiger partial charge in [0.25, 0.3) is 11.9 Å². The maximum absolute atomic E-state index is 13.1. The minimum atomic E-state index is -0.447. The maximum atomic E-state index is 13.1. The molecule has 0 saturated carbocycles. The number of hydrogen-bond acceptors (Lipinski definition) is 5. The van der Waals surface area contributed by atoms with Crippen LogP contribution in [-0.2, 0) is 4.79 Å². The lowest BCUT2D eigenvalue weighted by atomic mass is 10.2. The summed E-state index contributed by atoms with van der Waals surface area (Å²) < 4.78 is 20.1. The Labute approximate surface area is 172 Å². The van der Waals surface area contributed by atoms with Gasteiger partial charge in [0.15, 0.2) is 6.61 Å². The topological polar surface area (TPSA) is 68.5 Å². The highest BCUT2D eigenvalue weighted by Gasteiger charge is 2.14. The minimum Gasteiger partial charge on any atom is -0.482 e. The summed E-state index contributed by atoms with van der Waals surface area (Å²) in [5, 5.41) is 9.52. The zero-order chi connectivity index (χ0) is 19.7. The highest BCUT2D eigenvalue weighted by Crippen LogP contribution is 2.28. The zero-order valence-corrected chi connectivity index (χ0v) is 16.4. The minimum absolute atomic E-state index is 0.140. The molecule has 0 aliphatic heterocycles. The van der Waals surface area contributed by atoms with E-state index in [4.69, 9.17) is 27.9 Å². The Bertz CT molecular complexity index is 1160. The van der Waals surface area contributed by atoms with Gasteiger partial charge in [0, 0.05) is 22.0 Å². The molecule has 142 valence electrons. The number of benzene rings is 2. The summed E-state index contributed by atoms with van der Waals surface area (Å²) in [6, 6.07) is 10.8. The molecule has 1 amide bonds. The van der Waals surface area contributed by atoms with Crippen molar-refractivity contribution in [1.82, 2.24) is 14.6 Å². The molecule has 6 nitrogen and oxygen atoms in total. The number of ether oxygens (including phenoxy) is 1. The van der Waals surface area contributed by atoms with Gasteiger partial charge in [-0.3, -0.25) is 10.1 Å². The number of aromatic nitrogens is 3. The Morgan fingerprint density at radius 1 is 1.21 bits per heavy atom. The Morgan fingerprint density at radius 3 is 2.79 bits per heavy atom. The molecule has 0 bridgehead atoms. The Morgan fingerprint density at radius 2 is 2.00 bits per heavy atom. The molecule has 0 unspecified atom stereocenters. The number of rotatable bonds is 5. The second kappa shape index (κ2) is 7.75. The molecule has 2 heterocycles. The number of fused-ring (bicyclic) bond motifs is 1. The molecule has 4 aromatic rings.